The lowest BCUT2D eigenvalue weighted by Gasteiger charge is -2.20. The lowest BCUT2D eigenvalue weighted by molar-refractivity contribution is -0.142. The van der Waals surface area contributed by atoms with Crippen molar-refractivity contribution in [2.45, 2.75) is 44.2 Å². The molecule has 1 aromatic carbocycles. The molecule has 1 saturated carbocycles. The molecule has 2 amide bonds. The summed E-state index contributed by atoms with van der Waals surface area (Å²) in [5, 5.41) is 14.9. The van der Waals surface area contributed by atoms with Crippen LogP contribution in [0.1, 0.15) is 30.4 Å². The first-order valence-electron chi connectivity index (χ1n) is 7.50. The molecule has 2 aliphatic carbocycles. The Hall–Kier alpha value is -2.04. The average molecular weight is 288 g/mol. The van der Waals surface area contributed by atoms with E-state index in [-0.39, 0.29) is 18.1 Å². The van der Waals surface area contributed by atoms with E-state index in [2.05, 4.69) is 22.8 Å². The number of urea groups is 1. The van der Waals surface area contributed by atoms with Gasteiger partial charge in [0.25, 0.3) is 0 Å². The van der Waals surface area contributed by atoms with Crippen molar-refractivity contribution in [3.63, 3.8) is 0 Å². The second kappa shape index (κ2) is 5.76. The third kappa shape index (κ3) is 3.01. The maximum Gasteiger partial charge on any atom is 0.315 e. The minimum atomic E-state index is -0.814. The van der Waals surface area contributed by atoms with Crippen LogP contribution < -0.4 is 10.6 Å². The van der Waals surface area contributed by atoms with Crippen molar-refractivity contribution in [3.05, 3.63) is 35.4 Å². The molecule has 0 spiro atoms. The van der Waals surface area contributed by atoms with Crippen LogP contribution in [0.5, 0.6) is 0 Å². The topological polar surface area (TPSA) is 78.4 Å². The van der Waals surface area contributed by atoms with Crippen molar-refractivity contribution in [2.75, 3.05) is 0 Å². The molecule has 3 N–H and O–H groups in total. The first-order chi connectivity index (χ1) is 10.1. The first kappa shape index (κ1) is 13.9. The van der Waals surface area contributed by atoms with E-state index < -0.39 is 11.9 Å². The van der Waals surface area contributed by atoms with Gasteiger partial charge in [0.2, 0.25) is 0 Å². The number of carbonyl (C=O) groups is 2. The van der Waals surface area contributed by atoms with Crippen LogP contribution in [0.2, 0.25) is 0 Å². The maximum absolute atomic E-state index is 12.1. The van der Waals surface area contributed by atoms with Gasteiger partial charge in [-0.1, -0.05) is 30.7 Å². The second-order valence-corrected chi connectivity index (χ2v) is 5.97. The summed E-state index contributed by atoms with van der Waals surface area (Å²) < 4.78 is 0. The van der Waals surface area contributed by atoms with Crippen LogP contribution in [0.3, 0.4) is 0 Å². The van der Waals surface area contributed by atoms with Gasteiger partial charge >= 0.3 is 12.0 Å². The lowest BCUT2D eigenvalue weighted by Crippen LogP contribution is -2.48. The number of carboxylic acid groups (broad SMARTS) is 1. The second-order valence-electron chi connectivity index (χ2n) is 5.97. The smallest absolute Gasteiger partial charge is 0.315 e. The fraction of sp³-hybridized carbons (Fsp3) is 0.500. The largest absolute Gasteiger partial charge is 0.481 e. The zero-order valence-electron chi connectivity index (χ0n) is 11.8. The Labute approximate surface area is 123 Å². The summed E-state index contributed by atoms with van der Waals surface area (Å²) >= 11 is 0. The van der Waals surface area contributed by atoms with Crippen LogP contribution in [-0.2, 0) is 17.6 Å². The summed E-state index contributed by atoms with van der Waals surface area (Å²) in [5.41, 5.74) is 2.57. The summed E-state index contributed by atoms with van der Waals surface area (Å²) in [6.07, 6.45) is 3.94. The van der Waals surface area contributed by atoms with Gasteiger partial charge in [-0.25, -0.2) is 4.79 Å². The van der Waals surface area contributed by atoms with E-state index in [9.17, 15) is 9.59 Å². The zero-order valence-corrected chi connectivity index (χ0v) is 11.8. The van der Waals surface area contributed by atoms with E-state index in [1.54, 1.807) is 0 Å². The highest BCUT2D eigenvalue weighted by Crippen LogP contribution is 2.26. The summed E-state index contributed by atoms with van der Waals surface area (Å²) in [7, 11) is 0. The first-order valence-corrected chi connectivity index (χ1v) is 7.50. The van der Waals surface area contributed by atoms with E-state index in [4.69, 9.17) is 5.11 Å². The van der Waals surface area contributed by atoms with Gasteiger partial charge in [0.05, 0.1) is 5.92 Å². The number of nitrogens with one attached hydrogen (secondary N) is 2. The van der Waals surface area contributed by atoms with Crippen molar-refractivity contribution in [1.82, 2.24) is 10.6 Å². The Kier molecular flexibility index (Phi) is 3.82. The molecule has 3 rings (SSSR count). The molecule has 21 heavy (non-hydrogen) atoms. The van der Waals surface area contributed by atoms with E-state index in [1.165, 1.54) is 11.1 Å². The molecular weight excluding hydrogens is 268 g/mol. The molecular formula is C16H20N2O3. The number of hydrogen-bond donors (Lipinski definition) is 3. The molecule has 1 aromatic rings. The maximum atomic E-state index is 12.1. The normalized spacial score (nSPS) is 24.6. The number of benzene rings is 1. The standard InChI is InChI=1S/C16H20N2O3/c19-15(20)13-6-3-7-14(13)18-16(21)17-12-8-10-4-1-2-5-11(10)9-12/h1-2,4-5,12-14H,3,6-9H2,(H,19,20)(H2,17,18,21). The van der Waals surface area contributed by atoms with Crippen molar-refractivity contribution in [2.24, 2.45) is 5.92 Å². The molecule has 0 radical (unpaired) electrons. The van der Waals surface area contributed by atoms with Crippen molar-refractivity contribution >= 4 is 12.0 Å². The van der Waals surface area contributed by atoms with Crippen LogP contribution in [0, 0.1) is 5.92 Å². The van der Waals surface area contributed by atoms with Gasteiger partial charge in [-0.3, -0.25) is 4.79 Å². The SMILES string of the molecule is O=C(NC1Cc2ccccc2C1)NC1CCCC1C(=O)O. The molecule has 2 atom stereocenters. The fourth-order valence-electron chi connectivity index (χ4n) is 3.48. The molecule has 5 heteroatoms. The van der Waals surface area contributed by atoms with E-state index in [0.29, 0.717) is 6.42 Å². The Balaban J connectivity index is 1.53. The van der Waals surface area contributed by atoms with Gasteiger partial charge in [0, 0.05) is 12.1 Å². The van der Waals surface area contributed by atoms with Crippen LogP contribution in [-0.4, -0.2) is 29.2 Å². The summed E-state index contributed by atoms with van der Waals surface area (Å²) in [5.74, 6) is -1.26. The third-order valence-electron chi connectivity index (χ3n) is 4.54. The Morgan fingerprint density at radius 2 is 1.71 bits per heavy atom. The molecule has 2 unspecified atom stereocenters. The van der Waals surface area contributed by atoms with Crippen LogP contribution in [0.25, 0.3) is 0 Å². The average Bonchev–Trinajstić information content (AvgIpc) is 3.03. The number of hydrogen-bond acceptors (Lipinski definition) is 2. The van der Waals surface area contributed by atoms with Crippen LogP contribution >= 0.6 is 0 Å². The van der Waals surface area contributed by atoms with Crippen molar-refractivity contribution in [3.8, 4) is 0 Å². The molecule has 5 nitrogen and oxygen atoms in total. The quantitative estimate of drug-likeness (QED) is 0.792. The number of aliphatic carboxylic acids is 1. The monoisotopic (exact) mass is 288 g/mol. The Morgan fingerprint density at radius 1 is 1.05 bits per heavy atom. The lowest BCUT2D eigenvalue weighted by atomic mass is 10.0. The van der Waals surface area contributed by atoms with E-state index in [1.807, 2.05) is 12.1 Å². The third-order valence-corrected chi connectivity index (χ3v) is 4.54. The van der Waals surface area contributed by atoms with Crippen LogP contribution in [0.15, 0.2) is 24.3 Å². The van der Waals surface area contributed by atoms with Gasteiger partial charge in [-0.2, -0.15) is 0 Å². The van der Waals surface area contributed by atoms with Gasteiger partial charge in [-0.05, 0) is 36.8 Å². The van der Waals surface area contributed by atoms with E-state index >= 15 is 0 Å². The minimum Gasteiger partial charge on any atom is -0.481 e. The molecule has 0 saturated heterocycles. The summed E-state index contributed by atoms with van der Waals surface area (Å²) in [6.45, 7) is 0. The molecule has 0 aromatic heterocycles. The highest BCUT2D eigenvalue weighted by Gasteiger charge is 2.34. The summed E-state index contributed by atoms with van der Waals surface area (Å²) in [4.78, 5) is 23.2. The number of rotatable bonds is 3. The van der Waals surface area contributed by atoms with Crippen molar-refractivity contribution < 1.29 is 14.7 Å². The van der Waals surface area contributed by atoms with Gasteiger partial charge in [0.1, 0.15) is 0 Å². The molecule has 2 aliphatic rings. The highest BCUT2D eigenvalue weighted by molar-refractivity contribution is 5.77. The Bertz CT molecular complexity index is 533. The fourth-order valence-corrected chi connectivity index (χ4v) is 3.48. The Morgan fingerprint density at radius 3 is 2.33 bits per heavy atom. The number of carbonyl (C=O) groups excluding carboxylic acids is 1. The minimum absolute atomic E-state index is 0.104. The highest BCUT2D eigenvalue weighted by atomic mass is 16.4. The zero-order chi connectivity index (χ0) is 14.8. The molecule has 0 aliphatic heterocycles. The van der Waals surface area contributed by atoms with E-state index in [0.717, 1.165) is 25.7 Å². The molecule has 1 fully saturated rings. The predicted octanol–water partition coefficient (Wildman–Crippen LogP) is 1.71. The number of carboxylic acids is 1. The summed E-state index contributed by atoms with van der Waals surface area (Å²) in [6, 6.07) is 7.82. The molecule has 0 bridgehead atoms. The number of amides is 2. The number of fused-ring (bicyclic) bond motifs is 1. The van der Waals surface area contributed by atoms with Gasteiger partial charge < -0.3 is 15.7 Å². The van der Waals surface area contributed by atoms with Crippen molar-refractivity contribution in [1.29, 1.82) is 0 Å². The predicted molar refractivity (Wildman–Crippen MR) is 78.1 cm³/mol. The molecule has 0 heterocycles. The van der Waals surface area contributed by atoms with Gasteiger partial charge in [-0.15, -0.1) is 0 Å². The van der Waals surface area contributed by atoms with Gasteiger partial charge in [0.15, 0.2) is 0 Å². The molecule has 112 valence electrons. The van der Waals surface area contributed by atoms with Crippen LogP contribution in [0.4, 0.5) is 4.79 Å².